The van der Waals surface area contributed by atoms with Crippen LogP contribution in [0.1, 0.15) is 25.8 Å². The molecule has 1 heterocycles. The lowest BCUT2D eigenvalue weighted by Gasteiger charge is -2.24. The van der Waals surface area contributed by atoms with Crippen LogP contribution >= 0.6 is 11.8 Å². The van der Waals surface area contributed by atoms with Crippen molar-refractivity contribution >= 4 is 40.8 Å². The van der Waals surface area contributed by atoms with Gasteiger partial charge in [0.05, 0.1) is 12.3 Å². The number of nitrogens with two attached hydrogens (primary N) is 1. The Hall–Kier alpha value is -3.79. The highest BCUT2D eigenvalue weighted by Crippen LogP contribution is 2.23. The van der Waals surface area contributed by atoms with Gasteiger partial charge in [0.1, 0.15) is 5.82 Å². The fourth-order valence-corrected chi connectivity index (χ4v) is 4.18. The molecule has 0 radical (unpaired) electrons. The average Bonchev–Trinajstić information content (AvgIpc) is 2.81. The number of carbonyl (C=O) groups excluding carboxylic acids is 2. The van der Waals surface area contributed by atoms with Crippen LogP contribution in [0, 0.1) is 0 Å². The van der Waals surface area contributed by atoms with Crippen molar-refractivity contribution in [1.29, 1.82) is 0 Å². The number of anilines is 3. The zero-order chi connectivity index (χ0) is 24.7. The molecule has 178 valence electrons. The summed E-state index contributed by atoms with van der Waals surface area (Å²) in [4.78, 5) is 53.9. The lowest BCUT2D eigenvalue weighted by Crippen LogP contribution is -2.42. The van der Waals surface area contributed by atoms with E-state index in [0.29, 0.717) is 12.1 Å². The maximum Gasteiger partial charge on any atom is 0.330 e. The monoisotopic (exact) mass is 481 g/mol. The summed E-state index contributed by atoms with van der Waals surface area (Å²) >= 11 is 1.30. The maximum absolute atomic E-state index is 13.1. The van der Waals surface area contributed by atoms with Crippen LogP contribution in [0.2, 0.25) is 0 Å². The first-order chi connectivity index (χ1) is 16.3. The van der Waals surface area contributed by atoms with Crippen molar-refractivity contribution in [2.45, 2.75) is 31.7 Å². The molecule has 0 fully saturated rings. The smallest absolute Gasteiger partial charge is 0.330 e. The van der Waals surface area contributed by atoms with E-state index in [2.05, 4.69) is 10.3 Å². The predicted octanol–water partition coefficient (Wildman–Crippen LogP) is 2.66. The molecule has 34 heavy (non-hydrogen) atoms. The van der Waals surface area contributed by atoms with Crippen LogP contribution in [-0.4, -0.2) is 33.7 Å². The van der Waals surface area contributed by atoms with Gasteiger partial charge >= 0.3 is 5.69 Å². The molecule has 0 unspecified atom stereocenters. The van der Waals surface area contributed by atoms with Crippen LogP contribution in [0.25, 0.3) is 0 Å². The number of nitrogen functional groups attached to an aromatic ring is 1. The highest BCUT2D eigenvalue weighted by Gasteiger charge is 2.23. The molecule has 1 aromatic heterocycles. The van der Waals surface area contributed by atoms with Crippen LogP contribution in [-0.2, 0) is 16.1 Å². The number of thioether (sulfide) groups is 1. The quantitative estimate of drug-likeness (QED) is 0.403. The lowest BCUT2D eigenvalue weighted by molar-refractivity contribution is -0.116. The van der Waals surface area contributed by atoms with Crippen molar-refractivity contribution < 1.29 is 9.59 Å². The van der Waals surface area contributed by atoms with Crippen LogP contribution < -0.4 is 27.2 Å². The van der Waals surface area contributed by atoms with Gasteiger partial charge in [0.25, 0.3) is 5.56 Å². The molecule has 0 spiro atoms. The van der Waals surface area contributed by atoms with E-state index in [1.54, 1.807) is 24.3 Å². The van der Waals surface area contributed by atoms with E-state index < -0.39 is 11.2 Å². The number of rotatable bonds is 9. The molecule has 0 saturated carbocycles. The number of aromatic nitrogens is 2. The van der Waals surface area contributed by atoms with Crippen molar-refractivity contribution in [2.24, 2.45) is 0 Å². The highest BCUT2D eigenvalue weighted by atomic mass is 32.2. The van der Waals surface area contributed by atoms with Crippen molar-refractivity contribution in [3.8, 4) is 0 Å². The fraction of sp³-hybridized carbons (Fsp3) is 0.250. The van der Waals surface area contributed by atoms with Gasteiger partial charge in [-0.05, 0) is 36.2 Å². The van der Waals surface area contributed by atoms with E-state index >= 15 is 0 Å². The molecule has 4 N–H and O–H groups in total. The summed E-state index contributed by atoms with van der Waals surface area (Å²) in [6, 6.07) is 16.3. The number of aromatic amines is 1. The number of H-pyrrole nitrogens is 1. The SMILES string of the molecule is CCCN(C(=O)CSc1ccc(NC(C)=O)cc1)c1c(N)n(Cc2ccccc2)c(=O)[nH]c1=O. The molecule has 0 aliphatic carbocycles. The third kappa shape index (κ3) is 6.16. The van der Waals surface area contributed by atoms with Crippen LogP contribution in [0.4, 0.5) is 17.2 Å². The fourth-order valence-electron chi connectivity index (χ4n) is 3.41. The Morgan fingerprint density at radius 3 is 2.38 bits per heavy atom. The maximum atomic E-state index is 13.1. The summed E-state index contributed by atoms with van der Waals surface area (Å²) in [5.41, 5.74) is 6.42. The summed E-state index contributed by atoms with van der Waals surface area (Å²) in [5.74, 6) is -0.456. The summed E-state index contributed by atoms with van der Waals surface area (Å²) in [7, 11) is 0. The van der Waals surface area contributed by atoms with Gasteiger partial charge in [-0.25, -0.2) is 4.79 Å². The summed E-state index contributed by atoms with van der Waals surface area (Å²) in [5, 5.41) is 2.69. The Bertz CT molecular complexity index is 1270. The molecule has 9 nitrogen and oxygen atoms in total. The van der Waals surface area contributed by atoms with Crippen molar-refractivity contribution in [3.05, 3.63) is 81.0 Å². The van der Waals surface area contributed by atoms with E-state index in [0.717, 1.165) is 10.5 Å². The van der Waals surface area contributed by atoms with E-state index in [-0.39, 0.29) is 42.2 Å². The second kappa shape index (κ2) is 11.4. The summed E-state index contributed by atoms with van der Waals surface area (Å²) in [6.45, 7) is 3.76. The number of benzene rings is 2. The van der Waals surface area contributed by atoms with Crippen LogP contribution in [0.3, 0.4) is 0 Å². The van der Waals surface area contributed by atoms with Gasteiger partial charge < -0.3 is 16.0 Å². The third-order valence-electron chi connectivity index (χ3n) is 4.95. The Morgan fingerprint density at radius 1 is 1.09 bits per heavy atom. The van der Waals surface area contributed by atoms with Crippen molar-refractivity contribution in [1.82, 2.24) is 9.55 Å². The van der Waals surface area contributed by atoms with Gasteiger partial charge in [-0.1, -0.05) is 37.3 Å². The number of nitrogens with zero attached hydrogens (tertiary/aromatic N) is 2. The highest BCUT2D eigenvalue weighted by molar-refractivity contribution is 8.00. The van der Waals surface area contributed by atoms with Gasteiger partial charge in [0.15, 0.2) is 5.69 Å². The number of nitrogens with one attached hydrogen (secondary N) is 2. The lowest BCUT2D eigenvalue weighted by atomic mass is 10.2. The molecule has 2 amide bonds. The zero-order valence-corrected chi connectivity index (χ0v) is 19.9. The van der Waals surface area contributed by atoms with E-state index in [9.17, 15) is 19.2 Å². The molecular weight excluding hydrogens is 454 g/mol. The second-order valence-corrected chi connectivity index (χ2v) is 8.65. The predicted molar refractivity (Wildman–Crippen MR) is 135 cm³/mol. The molecule has 0 atom stereocenters. The van der Waals surface area contributed by atoms with Gasteiger partial charge in [0.2, 0.25) is 11.8 Å². The molecule has 0 aliphatic rings. The molecule has 0 saturated heterocycles. The van der Waals surface area contributed by atoms with Gasteiger partial charge in [0, 0.05) is 24.1 Å². The molecule has 10 heteroatoms. The first-order valence-corrected chi connectivity index (χ1v) is 11.8. The standard InChI is InChI=1S/C24H27N5O4S/c1-3-13-28(20(31)15-34-19-11-9-18(10-12-19)26-16(2)30)21-22(25)29(24(33)27-23(21)32)14-17-7-5-4-6-8-17/h4-12H,3,13-15,25H2,1-2H3,(H,26,30)(H,27,32,33). The summed E-state index contributed by atoms with van der Waals surface area (Å²) < 4.78 is 1.26. The first-order valence-electron chi connectivity index (χ1n) is 10.8. The average molecular weight is 482 g/mol. The van der Waals surface area contributed by atoms with Gasteiger partial charge in [-0.15, -0.1) is 11.8 Å². The molecule has 0 bridgehead atoms. The normalized spacial score (nSPS) is 10.6. The van der Waals surface area contributed by atoms with Crippen LogP contribution in [0.15, 0.2) is 69.1 Å². The first kappa shape index (κ1) is 24.8. The zero-order valence-electron chi connectivity index (χ0n) is 19.0. The van der Waals surface area contributed by atoms with Gasteiger partial charge in [-0.3, -0.25) is 23.9 Å². The van der Waals surface area contributed by atoms with E-state index in [4.69, 9.17) is 5.73 Å². The topological polar surface area (TPSA) is 130 Å². The minimum atomic E-state index is -0.696. The van der Waals surface area contributed by atoms with Crippen molar-refractivity contribution in [3.63, 3.8) is 0 Å². The molecular formula is C24H27N5O4S. The van der Waals surface area contributed by atoms with E-state index in [1.165, 1.54) is 28.2 Å². The summed E-state index contributed by atoms with van der Waals surface area (Å²) in [6.07, 6.45) is 0.596. The number of hydrogen-bond donors (Lipinski definition) is 3. The van der Waals surface area contributed by atoms with E-state index in [1.807, 2.05) is 37.3 Å². The van der Waals surface area contributed by atoms with Crippen LogP contribution in [0.5, 0.6) is 0 Å². The Kier molecular flexibility index (Phi) is 8.31. The van der Waals surface area contributed by atoms with Crippen molar-refractivity contribution in [2.75, 3.05) is 28.2 Å². The Balaban J connectivity index is 1.84. The minimum Gasteiger partial charge on any atom is -0.383 e. The molecule has 2 aromatic carbocycles. The number of carbonyl (C=O) groups is 2. The second-order valence-electron chi connectivity index (χ2n) is 7.60. The number of hydrogen-bond acceptors (Lipinski definition) is 6. The number of amides is 2. The minimum absolute atomic E-state index is 0.0241. The molecule has 3 aromatic rings. The Morgan fingerprint density at radius 2 is 1.76 bits per heavy atom. The van der Waals surface area contributed by atoms with Gasteiger partial charge in [-0.2, -0.15) is 0 Å². The third-order valence-corrected chi connectivity index (χ3v) is 5.95. The Labute approximate surface area is 201 Å². The molecule has 3 rings (SSSR count). The largest absolute Gasteiger partial charge is 0.383 e. The molecule has 0 aliphatic heterocycles.